The number of aromatic amines is 1. The molecule has 0 saturated heterocycles. The van der Waals surface area contributed by atoms with Crippen molar-refractivity contribution in [1.82, 2.24) is 14.8 Å². The van der Waals surface area contributed by atoms with E-state index in [1.165, 1.54) is 24.3 Å². The van der Waals surface area contributed by atoms with Crippen LogP contribution in [0.4, 0.5) is 17.6 Å². The number of hydrogen-bond acceptors (Lipinski definition) is 4. The Hall–Kier alpha value is -2.36. The Morgan fingerprint density at radius 3 is 2.52 bits per heavy atom. The highest BCUT2D eigenvalue weighted by atomic mass is 35.5. The van der Waals surface area contributed by atoms with Gasteiger partial charge in [-0.05, 0) is 35.9 Å². The zero-order valence-corrected chi connectivity index (χ0v) is 13.3. The van der Waals surface area contributed by atoms with Crippen LogP contribution in [0.2, 0.25) is 0 Å². The summed E-state index contributed by atoms with van der Waals surface area (Å²) >= 11 is 5.20. The predicted octanol–water partition coefficient (Wildman–Crippen LogP) is 2.67. The first-order valence-corrected chi connectivity index (χ1v) is 7.31. The molecule has 6 nitrogen and oxygen atoms in total. The molecule has 2 aromatic rings. The third-order valence-electron chi connectivity index (χ3n) is 3.08. The molecule has 1 heterocycles. The molecule has 0 fully saturated rings. The number of alkyl halides is 4. The minimum absolute atomic E-state index is 0.00156. The van der Waals surface area contributed by atoms with Crippen molar-refractivity contribution in [2.24, 2.45) is 0 Å². The van der Waals surface area contributed by atoms with Gasteiger partial charge in [0, 0.05) is 12.0 Å². The molecule has 1 aromatic carbocycles. The lowest BCUT2D eigenvalue weighted by Gasteiger charge is -2.15. The third kappa shape index (κ3) is 5.05. The average Bonchev–Trinajstić information content (AvgIpc) is 2.92. The van der Waals surface area contributed by atoms with Gasteiger partial charge in [0.05, 0.1) is 6.54 Å². The van der Waals surface area contributed by atoms with Crippen molar-refractivity contribution in [3.8, 4) is 17.1 Å². The summed E-state index contributed by atoms with van der Waals surface area (Å²) in [5.41, 5.74) is -0.120. The van der Waals surface area contributed by atoms with Crippen LogP contribution in [-0.2, 0) is 11.3 Å². The number of nitrogens with one attached hydrogen (secondary N) is 1. The van der Waals surface area contributed by atoms with Gasteiger partial charge in [-0.3, -0.25) is 9.78 Å². The fraction of sp³-hybridized carbons (Fsp3) is 0.357. The molecule has 136 valence electrons. The molecule has 2 rings (SSSR count). The van der Waals surface area contributed by atoms with Gasteiger partial charge in [-0.1, -0.05) is 0 Å². The maximum Gasteiger partial charge on any atom is 0.343 e. The van der Waals surface area contributed by atoms with Crippen LogP contribution in [0.1, 0.15) is 6.42 Å². The highest BCUT2D eigenvalue weighted by Crippen LogP contribution is 2.25. The minimum Gasteiger partial charge on any atom is -0.487 e. The van der Waals surface area contributed by atoms with E-state index in [1.54, 1.807) is 0 Å². The van der Waals surface area contributed by atoms with Crippen molar-refractivity contribution < 1.29 is 27.1 Å². The Morgan fingerprint density at radius 2 is 1.96 bits per heavy atom. The van der Waals surface area contributed by atoms with Gasteiger partial charge in [0.2, 0.25) is 5.24 Å². The molecule has 11 heteroatoms. The summed E-state index contributed by atoms with van der Waals surface area (Å²) in [4.78, 5) is 24.9. The number of rotatable bonds is 8. The standard InChI is InChI=1S/C14H12ClF4N3O3/c15-10(23)5-6-22-13(24)20-11(21-22)8-1-3-9(4-2-8)25-7-14(18,19)12(16)17/h1-4,12H,5-7H2,(H,20,21,24). The molecule has 1 N–H and O–H groups in total. The second-order valence-corrected chi connectivity index (χ2v) is 5.40. The largest absolute Gasteiger partial charge is 0.487 e. The molecular weight excluding hydrogens is 370 g/mol. The van der Waals surface area contributed by atoms with E-state index >= 15 is 0 Å². The van der Waals surface area contributed by atoms with Crippen LogP contribution in [0, 0.1) is 0 Å². The highest BCUT2D eigenvalue weighted by Gasteiger charge is 2.41. The van der Waals surface area contributed by atoms with Gasteiger partial charge in [0.1, 0.15) is 5.75 Å². The topological polar surface area (TPSA) is 77.0 Å². The fourth-order valence-electron chi connectivity index (χ4n) is 1.78. The Morgan fingerprint density at radius 1 is 1.32 bits per heavy atom. The van der Waals surface area contributed by atoms with E-state index in [2.05, 4.69) is 14.8 Å². The lowest BCUT2D eigenvalue weighted by Crippen LogP contribution is -2.33. The SMILES string of the molecule is O=C(Cl)CCn1nc(-c2ccc(OCC(F)(F)C(F)F)cc2)[nH]c1=O. The molecule has 0 aliphatic heterocycles. The van der Waals surface area contributed by atoms with Gasteiger partial charge < -0.3 is 4.74 Å². The summed E-state index contributed by atoms with van der Waals surface area (Å²) in [6.07, 6.45) is -3.89. The molecule has 0 spiro atoms. The number of nitrogens with zero attached hydrogens (tertiary/aromatic N) is 2. The van der Waals surface area contributed by atoms with Crippen molar-refractivity contribution in [2.45, 2.75) is 25.3 Å². The highest BCUT2D eigenvalue weighted by molar-refractivity contribution is 6.63. The number of halogens is 5. The predicted molar refractivity (Wildman–Crippen MR) is 80.2 cm³/mol. The summed E-state index contributed by atoms with van der Waals surface area (Å²) in [5, 5.41) is 3.36. The zero-order valence-electron chi connectivity index (χ0n) is 12.5. The van der Waals surface area contributed by atoms with Crippen LogP contribution in [0.5, 0.6) is 5.75 Å². The van der Waals surface area contributed by atoms with Gasteiger partial charge >= 0.3 is 18.0 Å². The summed E-state index contributed by atoms with van der Waals surface area (Å²) in [7, 11) is 0. The van der Waals surface area contributed by atoms with Crippen LogP contribution in [-0.4, -0.2) is 39.0 Å². The molecule has 0 saturated carbocycles. The average molecular weight is 382 g/mol. The molecular formula is C14H12ClF4N3O3. The maximum absolute atomic E-state index is 12.8. The van der Waals surface area contributed by atoms with Gasteiger partial charge in [0.25, 0.3) is 0 Å². The van der Waals surface area contributed by atoms with Crippen molar-refractivity contribution in [3.05, 3.63) is 34.7 Å². The van der Waals surface area contributed by atoms with Gasteiger partial charge in [-0.2, -0.15) is 8.78 Å². The second-order valence-electron chi connectivity index (χ2n) is 4.98. The third-order valence-corrected chi connectivity index (χ3v) is 3.27. The number of hydrogen-bond donors (Lipinski definition) is 1. The first-order valence-electron chi connectivity index (χ1n) is 6.94. The maximum atomic E-state index is 12.8. The lowest BCUT2D eigenvalue weighted by molar-refractivity contribution is -0.148. The van der Waals surface area contributed by atoms with E-state index in [1.807, 2.05) is 0 Å². The van der Waals surface area contributed by atoms with Crippen LogP contribution in [0.15, 0.2) is 29.1 Å². The number of aryl methyl sites for hydroxylation is 1. The van der Waals surface area contributed by atoms with E-state index < -0.39 is 29.9 Å². The quantitative estimate of drug-likeness (QED) is 0.563. The number of H-pyrrole nitrogens is 1. The Balaban J connectivity index is 2.06. The number of carbonyl (C=O) groups excluding carboxylic acids is 1. The molecule has 0 aliphatic carbocycles. The molecule has 0 atom stereocenters. The molecule has 0 amide bonds. The molecule has 25 heavy (non-hydrogen) atoms. The molecule has 0 unspecified atom stereocenters. The number of carbonyl (C=O) groups is 1. The fourth-order valence-corrected chi connectivity index (χ4v) is 1.87. The molecule has 0 radical (unpaired) electrons. The van der Waals surface area contributed by atoms with Crippen molar-refractivity contribution in [2.75, 3.05) is 6.61 Å². The zero-order chi connectivity index (χ0) is 18.6. The number of ether oxygens (including phenoxy) is 1. The van der Waals surface area contributed by atoms with Crippen molar-refractivity contribution in [3.63, 3.8) is 0 Å². The summed E-state index contributed by atoms with van der Waals surface area (Å²) < 4.78 is 55.3. The summed E-state index contributed by atoms with van der Waals surface area (Å²) in [5.74, 6) is -4.11. The van der Waals surface area contributed by atoms with Crippen LogP contribution >= 0.6 is 11.6 Å². The van der Waals surface area contributed by atoms with Crippen LogP contribution in [0.25, 0.3) is 11.4 Å². The summed E-state index contributed by atoms with van der Waals surface area (Å²) in [6.45, 7) is -1.45. The van der Waals surface area contributed by atoms with E-state index in [0.29, 0.717) is 5.56 Å². The second kappa shape index (κ2) is 7.68. The van der Waals surface area contributed by atoms with Crippen LogP contribution in [0.3, 0.4) is 0 Å². The Kier molecular flexibility index (Phi) is 5.83. The normalized spacial score (nSPS) is 11.8. The monoisotopic (exact) mass is 381 g/mol. The van der Waals surface area contributed by atoms with Crippen LogP contribution < -0.4 is 10.4 Å². The van der Waals surface area contributed by atoms with E-state index in [0.717, 1.165) is 4.68 Å². The van der Waals surface area contributed by atoms with Gasteiger partial charge in [-0.25, -0.2) is 18.3 Å². The summed E-state index contributed by atoms with van der Waals surface area (Å²) in [6, 6.07) is 5.36. The van der Waals surface area contributed by atoms with E-state index in [4.69, 9.17) is 11.6 Å². The first-order chi connectivity index (χ1) is 11.7. The van der Waals surface area contributed by atoms with Crippen molar-refractivity contribution >= 4 is 16.8 Å². The minimum atomic E-state index is -4.25. The smallest absolute Gasteiger partial charge is 0.343 e. The molecule has 1 aromatic heterocycles. The number of benzene rings is 1. The lowest BCUT2D eigenvalue weighted by atomic mass is 10.2. The molecule has 0 bridgehead atoms. The Bertz CT molecular complexity index is 789. The van der Waals surface area contributed by atoms with Gasteiger partial charge in [-0.15, -0.1) is 5.10 Å². The van der Waals surface area contributed by atoms with E-state index in [-0.39, 0.29) is 24.5 Å². The molecule has 0 aliphatic rings. The van der Waals surface area contributed by atoms with Crippen molar-refractivity contribution in [1.29, 1.82) is 0 Å². The first kappa shape index (κ1) is 19.0. The van der Waals surface area contributed by atoms with E-state index in [9.17, 15) is 27.2 Å². The number of aromatic nitrogens is 3. The Labute approximate surface area is 143 Å². The van der Waals surface area contributed by atoms with Gasteiger partial charge in [0.15, 0.2) is 12.4 Å².